The first-order valence-corrected chi connectivity index (χ1v) is 9.27. The van der Waals surface area contributed by atoms with E-state index in [0.717, 1.165) is 39.3 Å². The zero-order valence-electron chi connectivity index (χ0n) is 16.2. The minimum absolute atomic E-state index is 0.147. The van der Waals surface area contributed by atoms with Crippen LogP contribution in [-0.2, 0) is 0 Å². The number of hydrogen-bond donors (Lipinski definition) is 1. The summed E-state index contributed by atoms with van der Waals surface area (Å²) in [5.41, 5.74) is 5.65. The van der Waals surface area contributed by atoms with Gasteiger partial charge in [-0.2, -0.15) is 0 Å². The number of pyridine rings is 1. The molecule has 0 fully saturated rings. The van der Waals surface area contributed by atoms with E-state index in [-0.39, 0.29) is 5.91 Å². The van der Waals surface area contributed by atoms with Crippen LogP contribution in [0.1, 0.15) is 27.0 Å². The van der Waals surface area contributed by atoms with Crippen molar-refractivity contribution in [2.75, 3.05) is 18.5 Å². The first kappa shape index (κ1) is 18.0. The van der Waals surface area contributed by atoms with E-state index in [2.05, 4.69) is 10.3 Å². The zero-order chi connectivity index (χ0) is 19.7. The van der Waals surface area contributed by atoms with E-state index in [9.17, 15) is 4.79 Å². The molecule has 0 saturated heterocycles. The normalized spacial score (nSPS) is 12.5. The molecule has 3 aromatic rings. The number of carbonyl (C=O) groups is 1. The summed E-state index contributed by atoms with van der Waals surface area (Å²) in [6.45, 7) is 7.02. The number of aromatic nitrogens is 1. The number of rotatable bonds is 3. The van der Waals surface area contributed by atoms with Gasteiger partial charge in [0.1, 0.15) is 19.0 Å². The van der Waals surface area contributed by atoms with Crippen molar-refractivity contribution < 1.29 is 14.3 Å². The van der Waals surface area contributed by atoms with Gasteiger partial charge in [0.2, 0.25) is 0 Å². The Morgan fingerprint density at radius 3 is 2.25 bits per heavy atom. The molecule has 2 heterocycles. The molecule has 4 rings (SSSR count). The van der Waals surface area contributed by atoms with Crippen LogP contribution in [0.2, 0.25) is 0 Å². The van der Waals surface area contributed by atoms with Gasteiger partial charge in [0.15, 0.2) is 11.5 Å². The van der Waals surface area contributed by atoms with Gasteiger partial charge in [-0.1, -0.05) is 18.2 Å². The van der Waals surface area contributed by atoms with Gasteiger partial charge in [-0.05, 0) is 67.3 Å². The Labute approximate surface area is 164 Å². The number of amides is 1. The van der Waals surface area contributed by atoms with Crippen molar-refractivity contribution in [1.29, 1.82) is 0 Å². The second-order valence-corrected chi connectivity index (χ2v) is 6.96. The number of anilines is 1. The highest BCUT2D eigenvalue weighted by atomic mass is 16.6. The van der Waals surface area contributed by atoms with Gasteiger partial charge >= 0.3 is 0 Å². The number of benzene rings is 2. The number of aryl methyl sites for hydroxylation is 3. The summed E-state index contributed by atoms with van der Waals surface area (Å²) in [7, 11) is 0. The van der Waals surface area contributed by atoms with Crippen molar-refractivity contribution in [3.8, 4) is 22.6 Å². The third-order valence-electron chi connectivity index (χ3n) is 4.91. The summed E-state index contributed by atoms with van der Waals surface area (Å²) in [4.78, 5) is 17.1. The lowest BCUT2D eigenvalue weighted by molar-refractivity contribution is 0.102. The van der Waals surface area contributed by atoms with Crippen LogP contribution in [0.25, 0.3) is 11.1 Å². The maximum Gasteiger partial charge on any atom is 0.257 e. The Morgan fingerprint density at radius 2 is 1.61 bits per heavy atom. The Kier molecular flexibility index (Phi) is 4.74. The van der Waals surface area contributed by atoms with Crippen molar-refractivity contribution in [3.05, 3.63) is 70.9 Å². The van der Waals surface area contributed by atoms with Crippen molar-refractivity contribution in [1.82, 2.24) is 4.98 Å². The van der Waals surface area contributed by atoms with Crippen LogP contribution < -0.4 is 14.8 Å². The van der Waals surface area contributed by atoms with E-state index in [4.69, 9.17) is 9.47 Å². The first-order valence-electron chi connectivity index (χ1n) is 9.27. The molecule has 28 heavy (non-hydrogen) atoms. The standard InChI is InChI=1S/C23H22N2O3/c1-14-5-4-6-15(2)22(14)23(26)25-21-8-7-17(13-24-21)18-12-20-19(11-16(18)3)27-9-10-28-20/h4-8,11-13H,9-10H2,1-3H3,(H,24,25,26). The van der Waals surface area contributed by atoms with Crippen LogP contribution in [0.4, 0.5) is 5.82 Å². The highest BCUT2D eigenvalue weighted by Crippen LogP contribution is 2.37. The Morgan fingerprint density at radius 1 is 0.929 bits per heavy atom. The minimum Gasteiger partial charge on any atom is -0.486 e. The minimum atomic E-state index is -0.147. The number of nitrogens with one attached hydrogen (secondary N) is 1. The smallest absolute Gasteiger partial charge is 0.257 e. The van der Waals surface area contributed by atoms with Crippen LogP contribution in [0, 0.1) is 20.8 Å². The molecule has 0 atom stereocenters. The monoisotopic (exact) mass is 374 g/mol. The SMILES string of the molecule is Cc1cc2c(cc1-c1ccc(NC(=O)c3c(C)cccc3C)nc1)OCCO2. The van der Waals surface area contributed by atoms with Crippen LogP contribution in [0.15, 0.2) is 48.7 Å². The average Bonchev–Trinajstić information content (AvgIpc) is 2.68. The molecule has 0 radical (unpaired) electrons. The Balaban J connectivity index is 1.57. The fourth-order valence-electron chi connectivity index (χ4n) is 3.48. The average molecular weight is 374 g/mol. The molecule has 142 valence electrons. The lowest BCUT2D eigenvalue weighted by Crippen LogP contribution is -2.16. The maximum atomic E-state index is 12.6. The molecule has 2 aromatic carbocycles. The quantitative estimate of drug-likeness (QED) is 0.722. The third kappa shape index (κ3) is 3.43. The molecule has 0 spiro atoms. The van der Waals surface area contributed by atoms with Crippen LogP contribution in [0.5, 0.6) is 11.5 Å². The molecular formula is C23H22N2O3. The van der Waals surface area contributed by atoms with E-state index in [1.165, 1.54) is 0 Å². The summed E-state index contributed by atoms with van der Waals surface area (Å²) in [6.07, 6.45) is 1.76. The molecule has 0 aliphatic carbocycles. The van der Waals surface area contributed by atoms with Crippen molar-refractivity contribution >= 4 is 11.7 Å². The van der Waals surface area contributed by atoms with Gasteiger partial charge in [-0.25, -0.2) is 4.98 Å². The first-order chi connectivity index (χ1) is 13.5. The van der Waals surface area contributed by atoms with Gasteiger partial charge in [0.05, 0.1) is 0 Å². The Bertz CT molecular complexity index is 1020. The van der Waals surface area contributed by atoms with E-state index >= 15 is 0 Å². The van der Waals surface area contributed by atoms with Crippen LogP contribution in [0.3, 0.4) is 0 Å². The van der Waals surface area contributed by atoms with Gasteiger partial charge in [-0.3, -0.25) is 4.79 Å². The topological polar surface area (TPSA) is 60.5 Å². The molecule has 1 aliphatic heterocycles. The second kappa shape index (κ2) is 7.35. The van der Waals surface area contributed by atoms with Gasteiger partial charge in [0.25, 0.3) is 5.91 Å². The van der Waals surface area contributed by atoms with E-state index < -0.39 is 0 Å². The van der Waals surface area contributed by atoms with Gasteiger partial charge in [-0.15, -0.1) is 0 Å². The number of carbonyl (C=O) groups excluding carboxylic acids is 1. The molecular weight excluding hydrogens is 352 g/mol. The van der Waals surface area contributed by atoms with Gasteiger partial charge < -0.3 is 14.8 Å². The molecule has 1 aromatic heterocycles. The predicted octanol–water partition coefficient (Wildman–Crippen LogP) is 4.70. The highest BCUT2D eigenvalue weighted by molar-refractivity contribution is 6.05. The third-order valence-corrected chi connectivity index (χ3v) is 4.91. The van der Waals surface area contributed by atoms with Gasteiger partial charge in [0, 0.05) is 17.3 Å². The summed E-state index contributed by atoms with van der Waals surface area (Å²) >= 11 is 0. The molecule has 0 bridgehead atoms. The second-order valence-electron chi connectivity index (χ2n) is 6.96. The molecule has 5 nitrogen and oxygen atoms in total. The highest BCUT2D eigenvalue weighted by Gasteiger charge is 2.16. The van der Waals surface area contributed by atoms with Crippen molar-refractivity contribution in [2.24, 2.45) is 0 Å². The summed E-state index contributed by atoms with van der Waals surface area (Å²) in [5, 5.41) is 2.89. The van der Waals surface area contributed by atoms with Crippen molar-refractivity contribution in [3.63, 3.8) is 0 Å². The van der Waals surface area contributed by atoms with Crippen LogP contribution >= 0.6 is 0 Å². The number of hydrogen-bond acceptors (Lipinski definition) is 4. The van der Waals surface area contributed by atoms with E-state index in [1.807, 2.05) is 63.2 Å². The fraction of sp³-hybridized carbons (Fsp3) is 0.217. The number of fused-ring (bicyclic) bond motifs is 1. The molecule has 5 heteroatoms. The lowest BCUT2D eigenvalue weighted by Gasteiger charge is -2.20. The summed E-state index contributed by atoms with van der Waals surface area (Å²) in [6, 6.07) is 13.6. The predicted molar refractivity (Wildman–Crippen MR) is 109 cm³/mol. The number of nitrogens with zero attached hydrogens (tertiary/aromatic N) is 1. The lowest BCUT2D eigenvalue weighted by atomic mass is 10.0. The molecule has 0 unspecified atom stereocenters. The molecule has 1 N–H and O–H groups in total. The summed E-state index contributed by atoms with van der Waals surface area (Å²) < 4.78 is 11.3. The molecule has 1 amide bonds. The molecule has 1 aliphatic rings. The Hall–Kier alpha value is -3.34. The van der Waals surface area contributed by atoms with Crippen molar-refractivity contribution in [2.45, 2.75) is 20.8 Å². The number of ether oxygens (including phenoxy) is 2. The largest absolute Gasteiger partial charge is 0.486 e. The van der Waals surface area contributed by atoms with E-state index in [1.54, 1.807) is 6.20 Å². The molecule has 0 saturated carbocycles. The van der Waals surface area contributed by atoms with E-state index in [0.29, 0.717) is 24.6 Å². The van der Waals surface area contributed by atoms with Crippen LogP contribution in [-0.4, -0.2) is 24.1 Å². The fourth-order valence-corrected chi connectivity index (χ4v) is 3.48. The zero-order valence-corrected chi connectivity index (χ0v) is 16.2. The summed E-state index contributed by atoms with van der Waals surface area (Å²) in [5.74, 6) is 1.90. The maximum absolute atomic E-state index is 12.6.